The molecule has 0 aliphatic carbocycles. The van der Waals surface area contributed by atoms with Gasteiger partial charge in [-0.2, -0.15) is 9.97 Å². The second kappa shape index (κ2) is 6.31. The molecule has 28 heavy (non-hydrogen) atoms. The van der Waals surface area contributed by atoms with Crippen LogP contribution in [-0.2, 0) is 6.54 Å². The summed E-state index contributed by atoms with van der Waals surface area (Å²) >= 11 is 0. The summed E-state index contributed by atoms with van der Waals surface area (Å²) in [6.07, 6.45) is 5.88. The summed E-state index contributed by atoms with van der Waals surface area (Å²) in [5.41, 5.74) is 17.9. The minimum atomic E-state index is 0.0918. The molecule has 1 aliphatic heterocycles. The SMILES string of the molecule is Nc1nc(N)c2nc(CN3C=Cc4ccccc4-c4ccccc43)cnc2n1. The molecule has 2 aromatic carbocycles. The predicted molar refractivity (Wildman–Crippen MR) is 111 cm³/mol. The average Bonchev–Trinajstić information content (AvgIpc) is 2.86. The highest BCUT2D eigenvalue weighted by Gasteiger charge is 2.17. The molecule has 0 radical (unpaired) electrons. The monoisotopic (exact) mass is 367 g/mol. The van der Waals surface area contributed by atoms with Gasteiger partial charge in [0.1, 0.15) is 0 Å². The van der Waals surface area contributed by atoms with E-state index in [0.29, 0.717) is 17.7 Å². The third kappa shape index (κ3) is 2.69. The molecule has 4 aromatic rings. The molecule has 0 saturated heterocycles. The Morgan fingerprint density at radius 2 is 1.64 bits per heavy atom. The van der Waals surface area contributed by atoms with Crippen LogP contribution in [0, 0.1) is 0 Å². The molecular weight excluding hydrogens is 350 g/mol. The largest absolute Gasteiger partial charge is 0.382 e. The number of rotatable bonds is 2. The highest BCUT2D eigenvalue weighted by Crippen LogP contribution is 2.37. The average molecular weight is 367 g/mol. The summed E-state index contributed by atoms with van der Waals surface area (Å²) in [6.45, 7) is 0.536. The van der Waals surface area contributed by atoms with Crippen molar-refractivity contribution in [2.75, 3.05) is 16.4 Å². The van der Waals surface area contributed by atoms with Gasteiger partial charge in [-0.05, 0) is 23.3 Å². The Hall–Kier alpha value is -4.00. The first kappa shape index (κ1) is 16.2. The van der Waals surface area contributed by atoms with E-state index in [1.165, 1.54) is 16.7 Å². The maximum Gasteiger partial charge on any atom is 0.224 e. The highest BCUT2D eigenvalue weighted by atomic mass is 15.1. The normalized spacial score (nSPS) is 12.5. The van der Waals surface area contributed by atoms with Gasteiger partial charge >= 0.3 is 0 Å². The van der Waals surface area contributed by atoms with Crippen molar-refractivity contribution in [1.82, 2.24) is 19.9 Å². The zero-order valence-electron chi connectivity index (χ0n) is 14.9. The summed E-state index contributed by atoms with van der Waals surface area (Å²) < 4.78 is 0. The first-order chi connectivity index (χ1) is 13.7. The van der Waals surface area contributed by atoms with E-state index in [0.717, 1.165) is 11.4 Å². The summed E-state index contributed by atoms with van der Waals surface area (Å²) in [6, 6.07) is 16.7. The molecule has 2 aromatic heterocycles. The Balaban J connectivity index is 1.58. The van der Waals surface area contributed by atoms with Crippen LogP contribution in [0.15, 0.2) is 60.9 Å². The molecule has 0 atom stereocenters. The van der Waals surface area contributed by atoms with Crippen LogP contribution < -0.4 is 16.4 Å². The van der Waals surface area contributed by atoms with Crippen LogP contribution in [0.2, 0.25) is 0 Å². The molecule has 0 bridgehead atoms. The number of nitrogens with zero attached hydrogens (tertiary/aromatic N) is 5. The molecule has 3 heterocycles. The molecule has 1 aliphatic rings. The fraction of sp³-hybridized carbons (Fsp3) is 0.0476. The number of fused-ring (bicyclic) bond motifs is 4. The van der Waals surface area contributed by atoms with Gasteiger partial charge in [0.05, 0.1) is 18.4 Å². The Kier molecular flexibility index (Phi) is 3.65. The van der Waals surface area contributed by atoms with Crippen LogP contribution in [0.4, 0.5) is 17.5 Å². The van der Waals surface area contributed by atoms with Gasteiger partial charge in [0, 0.05) is 17.5 Å². The van der Waals surface area contributed by atoms with Crippen molar-refractivity contribution in [3.8, 4) is 11.1 Å². The molecule has 7 heteroatoms. The van der Waals surface area contributed by atoms with Crippen LogP contribution in [0.5, 0.6) is 0 Å². The third-order valence-corrected chi connectivity index (χ3v) is 4.73. The molecule has 4 N–H and O–H groups in total. The molecule has 0 saturated carbocycles. The number of para-hydroxylation sites is 1. The predicted octanol–water partition coefficient (Wildman–Crippen LogP) is 3.24. The van der Waals surface area contributed by atoms with E-state index < -0.39 is 0 Å². The van der Waals surface area contributed by atoms with Crippen molar-refractivity contribution < 1.29 is 0 Å². The second-order valence-corrected chi connectivity index (χ2v) is 6.55. The van der Waals surface area contributed by atoms with E-state index >= 15 is 0 Å². The van der Waals surface area contributed by atoms with Gasteiger partial charge < -0.3 is 16.4 Å². The van der Waals surface area contributed by atoms with Gasteiger partial charge in [-0.3, -0.25) is 0 Å². The molecule has 136 valence electrons. The van der Waals surface area contributed by atoms with E-state index in [-0.39, 0.29) is 11.8 Å². The molecule has 0 fully saturated rings. The fourth-order valence-electron chi connectivity index (χ4n) is 3.46. The number of nitrogen functional groups attached to an aromatic ring is 2. The zero-order chi connectivity index (χ0) is 19.1. The molecule has 7 nitrogen and oxygen atoms in total. The van der Waals surface area contributed by atoms with Gasteiger partial charge in [0.2, 0.25) is 5.95 Å². The van der Waals surface area contributed by atoms with Crippen molar-refractivity contribution in [2.45, 2.75) is 6.54 Å². The maximum atomic E-state index is 5.96. The molecule has 5 rings (SSSR count). The number of hydrogen-bond donors (Lipinski definition) is 2. The van der Waals surface area contributed by atoms with E-state index in [2.05, 4.69) is 73.5 Å². The summed E-state index contributed by atoms with van der Waals surface area (Å²) in [4.78, 5) is 19.2. The maximum absolute atomic E-state index is 5.96. The lowest BCUT2D eigenvalue weighted by Gasteiger charge is -2.22. The number of aromatic nitrogens is 4. The van der Waals surface area contributed by atoms with Crippen LogP contribution >= 0.6 is 0 Å². The lowest BCUT2D eigenvalue weighted by atomic mass is 9.99. The lowest BCUT2D eigenvalue weighted by molar-refractivity contribution is 0.920. The zero-order valence-corrected chi connectivity index (χ0v) is 14.9. The van der Waals surface area contributed by atoms with E-state index in [1.54, 1.807) is 6.20 Å². The van der Waals surface area contributed by atoms with Crippen molar-refractivity contribution in [3.05, 3.63) is 72.2 Å². The Morgan fingerprint density at radius 1 is 0.857 bits per heavy atom. The van der Waals surface area contributed by atoms with Crippen LogP contribution in [-0.4, -0.2) is 19.9 Å². The van der Waals surface area contributed by atoms with Gasteiger partial charge in [0.25, 0.3) is 0 Å². The van der Waals surface area contributed by atoms with E-state index in [9.17, 15) is 0 Å². The first-order valence-electron chi connectivity index (χ1n) is 8.87. The van der Waals surface area contributed by atoms with Crippen molar-refractivity contribution in [3.63, 3.8) is 0 Å². The molecule has 0 spiro atoms. The van der Waals surface area contributed by atoms with Crippen molar-refractivity contribution in [2.24, 2.45) is 0 Å². The summed E-state index contributed by atoms with van der Waals surface area (Å²) in [5, 5.41) is 0. The second-order valence-electron chi connectivity index (χ2n) is 6.55. The Morgan fingerprint density at radius 3 is 2.54 bits per heavy atom. The minimum Gasteiger partial charge on any atom is -0.382 e. The third-order valence-electron chi connectivity index (χ3n) is 4.73. The number of hydrogen-bond acceptors (Lipinski definition) is 7. The van der Waals surface area contributed by atoms with E-state index in [4.69, 9.17) is 11.5 Å². The Bertz CT molecular complexity index is 1230. The van der Waals surface area contributed by atoms with Gasteiger partial charge in [-0.25, -0.2) is 9.97 Å². The molecule has 0 unspecified atom stereocenters. The van der Waals surface area contributed by atoms with Gasteiger partial charge in [-0.1, -0.05) is 42.5 Å². The summed E-state index contributed by atoms with van der Waals surface area (Å²) in [7, 11) is 0. The fourth-order valence-corrected chi connectivity index (χ4v) is 3.46. The van der Waals surface area contributed by atoms with Gasteiger partial charge in [-0.15, -0.1) is 0 Å². The first-order valence-corrected chi connectivity index (χ1v) is 8.87. The smallest absolute Gasteiger partial charge is 0.224 e. The highest BCUT2D eigenvalue weighted by molar-refractivity contribution is 5.88. The van der Waals surface area contributed by atoms with Crippen LogP contribution in [0.25, 0.3) is 28.4 Å². The lowest BCUT2D eigenvalue weighted by Crippen LogP contribution is -2.17. The van der Waals surface area contributed by atoms with Gasteiger partial charge in [0.15, 0.2) is 17.0 Å². The Labute approximate surface area is 161 Å². The molecule has 0 amide bonds. The number of anilines is 3. The number of benzene rings is 2. The minimum absolute atomic E-state index is 0.0918. The number of nitrogens with two attached hydrogens (primary N) is 2. The standard InChI is InChI=1S/C21H17N7/c22-19-18-20(27-21(23)26-19)24-11-14(25-18)12-28-10-9-13-5-1-2-6-15(13)16-7-3-4-8-17(16)28/h1-11H,12H2,(H4,22,23,24,26,27). The topological polar surface area (TPSA) is 107 Å². The quantitative estimate of drug-likeness (QED) is 0.560. The van der Waals surface area contributed by atoms with Crippen molar-refractivity contribution >= 4 is 34.7 Å². The van der Waals surface area contributed by atoms with E-state index in [1.807, 2.05) is 12.1 Å². The van der Waals surface area contributed by atoms with Crippen LogP contribution in [0.1, 0.15) is 11.3 Å². The molecular formula is C21H17N7. The van der Waals surface area contributed by atoms with Crippen molar-refractivity contribution in [1.29, 1.82) is 0 Å². The van der Waals surface area contributed by atoms with Crippen LogP contribution in [0.3, 0.4) is 0 Å². The summed E-state index contributed by atoms with van der Waals surface area (Å²) in [5.74, 6) is 0.324.